The van der Waals surface area contributed by atoms with Gasteiger partial charge < -0.3 is 10.4 Å². The fourth-order valence-corrected chi connectivity index (χ4v) is 2.29. The standard InChI is InChI=1S/C13H20N2O4/c1-8-4-3-5-10(9(8)2)14-13(19)15-11(16)6-7-12(17)18/h6-10H,3-5H2,1-2H3,(H,17,18)(H2,14,15,16,19)/b7-6+. The molecule has 1 aliphatic carbocycles. The number of aliphatic carboxylic acids is 1. The Bertz CT molecular complexity index is 392. The number of urea groups is 1. The summed E-state index contributed by atoms with van der Waals surface area (Å²) in [6.07, 6.45) is 4.62. The van der Waals surface area contributed by atoms with Gasteiger partial charge in [-0.05, 0) is 18.3 Å². The first-order valence-corrected chi connectivity index (χ1v) is 6.42. The topological polar surface area (TPSA) is 95.5 Å². The second kappa shape index (κ2) is 6.92. The van der Waals surface area contributed by atoms with Gasteiger partial charge in [0, 0.05) is 18.2 Å². The number of nitrogens with one attached hydrogen (secondary N) is 2. The molecule has 3 unspecified atom stereocenters. The zero-order valence-corrected chi connectivity index (χ0v) is 11.2. The van der Waals surface area contributed by atoms with Gasteiger partial charge in [-0.25, -0.2) is 9.59 Å². The Labute approximate surface area is 112 Å². The van der Waals surface area contributed by atoms with Crippen molar-refractivity contribution in [2.45, 2.75) is 39.2 Å². The van der Waals surface area contributed by atoms with E-state index < -0.39 is 17.9 Å². The van der Waals surface area contributed by atoms with Gasteiger partial charge in [-0.15, -0.1) is 0 Å². The lowest BCUT2D eigenvalue weighted by molar-refractivity contribution is -0.131. The SMILES string of the molecule is CC1CCCC(NC(=O)NC(=O)/C=C/C(=O)O)C1C. The quantitative estimate of drug-likeness (QED) is 0.672. The van der Waals surface area contributed by atoms with Crippen LogP contribution in [0.15, 0.2) is 12.2 Å². The Morgan fingerprint density at radius 1 is 1.16 bits per heavy atom. The largest absolute Gasteiger partial charge is 0.478 e. The van der Waals surface area contributed by atoms with Crippen molar-refractivity contribution >= 4 is 17.9 Å². The molecule has 0 radical (unpaired) electrons. The number of imide groups is 1. The van der Waals surface area contributed by atoms with Crippen LogP contribution < -0.4 is 10.6 Å². The van der Waals surface area contributed by atoms with Gasteiger partial charge in [0.25, 0.3) is 5.91 Å². The third kappa shape index (κ3) is 5.11. The lowest BCUT2D eigenvalue weighted by Gasteiger charge is -2.34. The van der Waals surface area contributed by atoms with Crippen LogP contribution in [-0.2, 0) is 9.59 Å². The number of carbonyl (C=O) groups excluding carboxylic acids is 2. The first-order chi connectivity index (χ1) is 8.90. The number of carboxylic acids is 1. The molecule has 0 spiro atoms. The number of amides is 3. The van der Waals surface area contributed by atoms with Gasteiger partial charge in [0.1, 0.15) is 0 Å². The molecule has 0 aromatic rings. The molecule has 1 aliphatic rings. The minimum Gasteiger partial charge on any atom is -0.478 e. The monoisotopic (exact) mass is 268 g/mol. The Morgan fingerprint density at radius 2 is 1.84 bits per heavy atom. The molecular formula is C13H20N2O4. The van der Waals surface area contributed by atoms with Crippen LogP contribution in [0, 0.1) is 11.8 Å². The summed E-state index contributed by atoms with van der Waals surface area (Å²) in [6, 6.07) is -0.522. The lowest BCUT2D eigenvalue weighted by Crippen LogP contribution is -2.49. The Kier molecular flexibility index (Phi) is 5.54. The molecule has 6 nitrogen and oxygen atoms in total. The van der Waals surface area contributed by atoms with Crippen molar-refractivity contribution in [3.63, 3.8) is 0 Å². The van der Waals surface area contributed by atoms with Gasteiger partial charge in [-0.3, -0.25) is 10.1 Å². The highest BCUT2D eigenvalue weighted by atomic mass is 16.4. The van der Waals surface area contributed by atoms with Crippen molar-refractivity contribution in [3.8, 4) is 0 Å². The molecule has 1 fully saturated rings. The average molecular weight is 268 g/mol. The normalized spacial score (nSPS) is 26.9. The first kappa shape index (κ1) is 15.2. The van der Waals surface area contributed by atoms with E-state index in [0.717, 1.165) is 25.3 Å². The molecule has 1 saturated carbocycles. The Balaban J connectivity index is 2.42. The van der Waals surface area contributed by atoms with Crippen molar-refractivity contribution in [2.24, 2.45) is 11.8 Å². The molecule has 0 aromatic carbocycles. The third-order valence-electron chi connectivity index (χ3n) is 3.64. The van der Waals surface area contributed by atoms with Crippen LogP contribution >= 0.6 is 0 Å². The number of rotatable bonds is 3. The van der Waals surface area contributed by atoms with Gasteiger partial charge in [-0.1, -0.05) is 26.7 Å². The van der Waals surface area contributed by atoms with E-state index in [1.54, 1.807) is 0 Å². The van der Waals surface area contributed by atoms with E-state index in [0.29, 0.717) is 17.9 Å². The van der Waals surface area contributed by atoms with E-state index in [-0.39, 0.29) is 6.04 Å². The summed E-state index contributed by atoms with van der Waals surface area (Å²) in [4.78, 5) is 33.0. The van der Waals surface area contributed by atoms with E-state index in [9.17, 15) is 14.4 Å². The molecule has 0 aliphatic heterocycles. The smallest absolute Gasteiger partial charge is 0.328 e. The molecule has 3 amide bonds. The summed E-state index contributed by atoms with van der Waals surface area (Å²) in [5.74, 6) is -1.06. The van der Waals surface area contributed by atoms with Crippen molar-refractivity contribution in [1.82, 2.24) is 10.6 Å². The number of carboxylic acid groups (broad SMARTS) is 1. The van der Waals surface area contributed by atoms with Gasteiger partial charge in [0.15, 0.2) is 0 Å². The zero-order chi connectivity index (χ0) is 14.4. The summed E-state index contributed by atoms with van der Waals surface area (Å²) in [7, 11) is 0. The number of carbonyl (C=O) groups is 3. The van der Waals surface area contributed by atoms with Crippen molar-refractivity contribution in [2.75, 3.05) is 0 Å². The molecule has 3 N–H and O–H groups in total. The van der Waals surface area contributed by atoms with Crippen LogP contribution in [0.1, 0.15) is 33.1 Å². The molecule has 0 heterocycles. The van der Waals surface area contributed by atoms with Gasteiger partial charge in [-0.2, -0.15) is 0 Å². The Morgan fingerprint density at radius 3 is 2.47 bits per heavy atom. The molecule has 106 valence electrons. The zero-order valence-electron chi connectivity index (χ0n) is 11.2. The highest BCUT2D eigenvalue weighted by Gasteiger charge is 2.28. The minimum absolute atomic E-state index is 0.0556. The predicted octanol–water partition coefficient (Wildman–Crippen LogP) is 1.28. The van der Waals surface area contributed by atoms with Crippen LogP contribution in [0.3, 0.4) is 0 Å². The summed E-state index contributed by atoms with van der Waals surface area (Å²) in [6.45, 7) is 4.23. The highest BCUT2D eigenvalue weighted by Crippen LogP contribution is 2.29. The summed E-state index contributed by atoms with van der Waals surface area (Å²) in [5, 5.41) is 13.2. The van der Waals surface area contributed by atoms with Crippen LogP contribution in [-0.4, -0.2) is 29.1 Å². The van der Waals surface area contributed by atoms with Crippen LogP contribution in [0.2, 0.25) is 0 Å². The second-order valence-electron chi connectivity index (χ2n) is 5.01. The minimum atomic E-state index is -1.23. The van der Waals surface area contributed by atoms with E-state index in [4.69, 9.17) is 5.11 Å². The molecule has 6 heteroatoms. The second-order valence-corrected chi connectivity index (χ2v) is 5.01. The molecule has 0 bridgehead atoms. The van der Waals surface area contributed by atoms with E-state index in [1.807, 2.05) is 0 Å². The average Bonchev–Trinajstić information content (AvgIpc) is 2.32. The molecule has 0 aromatic heterocycles. The maximum atomic E-state index is 11.6. The van der Waals surface area contributed by atoms with Gasteiger partial charge >= 0.3 is 12.0 Å². The lowest BCUT2D eigenvalue weighted by atomic mass is 9.78. The molecule has 1 rings (SSSR count). The molecular weight excluding hydrogens is 248 g/mol. The summed E-state index contributed by atoms with van der Waals surface area (Å²) < 4.78 is 0. The molecule has 0 saturated heterocycles. The Hall–Kier alpha value is -1.85. The van der Waals surface area contributed by atoms with Gasteiger partial charge in [0.05, 0.1) is 0 Å². The van der Waals surface area contributed by atoms with E-state index in [1.165, 1.54) is 0 Å². The van der Waals surface area contributed by atoms with E-state index >= 15 is 0 Å². The molecule has 19 heavy (non-hydrogen) atoms. The third-order valence-corrected chi connectivity index (χ3v) is 3.64. The maximum Gasteiger partial charge on any atom is 0.328 e. The predicted molar refractivity (Wildman–Crippen MR) is 69.4 cm³/mol. The van der Waals surface area contributed by atoms with Crippen molar-refractivity contribution in [3.05, 3.63) is 12.2 Å². The van der Waals surface area contributed by atoms with Crippen LogP contribution in [0.5, 0.6) is 0 Å². The fraction of sp³-hybridized carbons (Fsp3) is 0.615. The summed E-state index contributed by atoms with van der Waals surface area (Å²) >= 11 is 0. The first-order valence-electron chi connectivity index (χ1n) is 6.42. The van der Waals surface area contributed by atoms with Crippen LogP contribution in [0.4, 0.5) is 4.79 Å². The van der Waals surface area contributed by atoms with Crippen molar-refractivity contribution < 1.29 is 19.5 Å². The van der Waals surface area contributed by atoms with Crippen LogP contribution in [0.25, 0.3) is 0 Å². The summed E-state index contributed by atoms with van der Waals surface area (Å²) in [5.41, 5.74) is 0. The number of hydrogen-bond acceptors (Lipinski definition) is 3. The van der Waals surface area contributed by atoms with Gasteiger partial charge in [0.2, 0.25) is 0 Å². The number of hydrogen-bond donors (Lipinski definition) is 3. The van der Waals surface area contributed by atoms with E-state index in [2.05, 4.69) is 24.5 Å². The fourth-order valence-electron chi connectivity index (χ4n) is 2.29. The molecule has 3 atom stereocenters. The van der Waals surface area contributed by atoms with Crippen molar-refractivity contribution in [1.29, 1.82) is 0 Å². The maximum absolute atomic E-state index is 11.6. The highest BCUT2D eigenvalue weighted by molar-refractivity contribution is 6.02.